The molecule has 4 heteroatoms. The van der Waals surface area contributed by atoms with Crippen LogP contribution in [-0.2, 0) is 0 Å². The van der Waals surface area contributed by atoms with Gasteiger partial charge in [-0.15, -0.1) is 0 Å². The van der Waals surface area contributed by atoms with Crippen molar-refractivity contribution in [2.45, 2.75) is 33.0 Å². The van der Waals surface area contributed by atoms with Gasteiger partial charge in [-0.2, -0.15) is 0 Å². The van der Waals surface area contributed by atoms with E-state index in [9.17, 15) is 5.11 Å². The van der Waals surface area contributed by atoms with Crippen LogP contribution in [0.25, 0.3) is 0 Å². The van der Waals surface area contributed by atoms with E-state index in [-0.39, 0.29) is 6.10 Å². The van der Waals surface area contributed by atoms with Gasteiger partial charge in [-0.05, 0) is 44.5 Å². The van der Waals surface area contributed by atoms with Crippen molar-refractivity contribution >= 4 is 0 Å². The molecule has 2 aromatic heterocycles. The molecule has 0 spiro atoms. The maximum Gasteiger partial charge on any atom is 0.138 e. The smallest absolute Gasteiger partial charge is 0.138 e. The summed E-state index contributed by atoms with van der Waals surface area (Å²) in [5.41, 5.74) is 2.35. The van der Waals surface area contributed by atoms with Gasteiger partial charge >= 0.3 is 0 Å². The fourth-order valence-electron chi connectivity index (χ4n) is 1.80. The summed E-state index contributed by atoms with van der Waals surface area (Å²) >= 11 is 0. The van der Waals surface area contributed by atoms with Crippen molar-refractivity contribution in [1.29, 1.82) is 0 Å². The standard InChI is InChI=1S/C15H18N2O2/c1-10(2)19-13-7-12(8-16-9-13)15(18)14-6-11(3)4-5-17-14/h4-10,15,18H,1-3H3. The monoisotopic (exact) mass is 258 g/mol. The van der Waals surface area contributed by atoms with Crippen LogP contribution < -0.4 is 4.74 Å². The Kier molecular flexibility index (Phi) is 4.12. The Hall–Kier alpha value is -1.94. The molecule has 2 heterocycles. The summed E-state index contributed by atoms with van der Waals surface area (Å²) in [7, 11) is 0. The molecule has 0 bridgehead atoms. The highest BCUT2D eigenvalue weighted by molar-refractivity contribution is 5.30. The average Bonchev–Trinajstić information content (AvgIpc) is 2.37. The number of pyridine rings is 2. The van der Waals surface area contributed by atoms with Crippen molar-refractivity contribution in [2.24, 2.45) is 0 Å². The van der Waals surface area contributed by atoms with Crippen molar-refractivity contribution in [3.63, 3.8) is 0 Å². The van der Waals surface area contributed by atoms with Gasteiger partial charge in [0.2, 0.25) is 0 Å². The highest BCUT2D eigenvalue weighted by atomic mass is 16.5. The van der Waals surface area contributed by atoms with E-state index in [1.165, 1.54) is 0 Å². The molecular formula is C15H18N2O2. The zero-order chi connectivity index (χ0) is 13.8. The molecule has 2 aromatic rings. The van der Waals surface area contributed by atoms with Gasteiger partial charge in [0, 0.05) is 18.0 Å². The molecule has 1 N–H and O–H groups in total. The van der Waals surface area contributed by atoms with Crippen molar-refractivity contribution in [3.05, 3.63) is 53.6 Å². The summed E-state index contributed by atoms with van der Waals surface area (Å²) in [6.07, 6.45) is 4.24. The van der Waals surface area contributed by atoms with Crippen LogP contribution in [0.2, 0.25) is 0 Å². The molecule has 0 radical (unpaired) electrons. The van der Waals surface area contributed by atoms with E-state index in [2.05, 4.69) is 9.97 Å². The molecule has 0 aliphatic heterocycles. The Bertz CT molecular complexity index is 555. The van der Waals surface area contributed by atoms with E-state index >= 15 is 0 Å². The van der Waals surface area contributed by atoms with Gasteiger partial charge in [0.25, 0.3) is 0 Å². The molecule has 0 fully saturated rings. The van der Waals surface area contributed by atoms with Crippen molar-refractivity contribution < 1.29 is 9.84 Å². The van der Waals surface area contributed by atoms with Gasteiger partial charge in [0.15, 0.2) is 0 Å². The largest absolute Gasteiger partial charge is 0.489 e. The van der Waals surface area contributed by atoms with Gasteiger partial charge in [0.05, 0.1) is 18.0 Å². The van der Waals surface area contributed by atoms with E-state index in [4.69, 9.17) is 4.74 Å². The van der Waals surface area contributed by atoms with E-state index < -0.39 is 6.10 Å². The summed E-state index contributed by atoms with van der Waals surface area (Å²) in [4.78, 5) is 8.28. The van der Waals surface area contributed by atoms with Crippen LogP contribution in [0, 0.1) is 6.92 Å². The Morgan fingerprint density at radius 2 is 2.00 bits per heavy atom. The quantitative estimate of drug-likeness (QED) is 0.916. The minimum absolute atomic E-state index is 0.0753. The first-order valence-electron chi connectivity index (χ1n) is 6.28. The predicted octanol–water partition coefficient (Wildman–Crippen LogP) is 2.65. The molecule has 19 heavy (non-hydrogen) atoms. The van der Waals surface area contributed by atoms with E-state index in [1.54, 1.807) is 24.7 Å². The number of aliphatic hydroxyl groups is 1. The van der Waals surface area contributed by atoms with Crippen molar-refractivity contribution in [2.75, 3.05) is 0 Å². The Morgan fingerprint density at radius 1 is 1.21 bits per heavy atom. The van der Waals surface area contributed by atoms with E-state index in [0.717, 1.165) is 5.56 Å². The first-order chi connectivity index (χ1) is 9.06. The number of nitrogens with zero attached hydrogens (tertiary/aromatic N) is 2. The van der Waals surface area contributed by atoms with Crippen LogP contribution in [0.4, 0.5) is 0 Å². The number of hydrogen-bond donors (Lipinski definition) is 1. The lowest BCUT2D eigenvalue weighted by molar-refractivity contribution is 0.211. The minimum Gasteiger partial charge on any atom is -0.489 e. The fourth-order valence-corrected chi connectivity index (χ4v) is 1.80. The molecule has 0 aromatic carbocycles. The number of hydrogen-bond acceptors (Lipinski definition) is 4. The number of ether oxygens (including phenoxy) is 1. The number of aliphatic hydroxyl groups excluding tert-OH is 1. The third-order valence-corrected chi connectivity index (χ3v) is 2.64. The molecule has 2 rings (SSSR count). The molecule has 1 unspecified atom stereocenters. The lowest BCUT2D eigenvalue weighted by Crippen LogP contribution is -2.08. The molecule has 0 aliphatic carbocycles. The highest BCUT2D eigenvalue weighted by Gasteiger charge is 2.13. The molecule has 0 saturated heterocycles. The molecule has 0 saturated carbocycles. The molecular weight excluding hydrogens is 240 g/mol. The van der Waals surface area contributed by atoms with Crippen LogP contribution in [0.5, 0.6) is 5.75 Å². The second-order valence-electron chi connectivity index (χ2n) is 4.78. The van der Waals surface area contributed by atoms with Gasteiger partial charge in [-0.3, -0.25) is 9.97 Å². The molecule has 100 valence electrons. The maximum atomic E-state index is 10.3. The Labute approximate surface area is 113 Å². The second kappa shape index (κ2) is 5.80. The van der Waals surface area contributed by atoms with Crippen LogP contribution in [-0.4, -0.2) is 21.2 Å². The van der Waals surface area contributed by atoms with E-state index in [1.807, 2.05) is 32.9 Å². The van der Waals surface area contributed by atoms with Crippen molar-refractivity contribution in [3.8, 4) is 5.75 Å². The van der Waals surface area contributed by atoms with Gasteiger partial charge < -0.3 is 9.84 Å². The SMILES string of the molecule is Cc1ccnc(C(O)c2cncc(OC(C)C)c2)c1. The van der Waals surface area contributed by atoms with E-state index in [0.29, 0.717) is 17.0 Å². The molecule has 0 amide bonds. The summed E-state index contributed by atoms with van der Waals surface area (Å²) in [5.74, 6) is 0.652. The van der Waals surface area contributed by atoms with Gasteiger partial charge in [-0.25, -0.2) is 0 Å². The lowest BCUT2D eigenvalue weighted by Gasteiger charge is -2.13. The molecule has 0 aliphatic rings. The summed E-state index contributed by atoms with van der Waals surface area (Å²) in [6, 6.07) is 5.55. The molecule has 4 nitrogen and oxygen atoms in total. The van der Waals surface area contributed by atoms with Crippen LogP contribution in [0.15, 0.2) is 36.8 Å². The predicted molar refractivity (Wildman–Crippen MR) is 73.0 cm³/mol. The van der Waals surface area contributed by atoms with Crippen LogP contribution in [0.3, 0.4) is 0 Å². The maximum absolute atomic E-state index is 10.3. The minimum atomic E-state index is -0.789. The van der Waals surface area contributed by atoms with Crippen molar-refractivity contribution in [1.82, 2.24) is 9.97 Å². The first kappa shape index (κ1) is 13.5. The lowest BCUT2D eigenvalue weighted by atomic mass is 10.1. The Morgan fingerprint density at radius 3 is 2.68 bits per heavy atom. The van der Waals surface area contributed by atoms with Gasteiger partial charge in [-0.1, -0.05) is 0 Å². The molecule has 1 atom stereocenters. The third kappa shape index (κ3) is 3.51. The third-order valence-electron chi connectivity index (χ3n) is 2.64. The number of aryl methyl sites for hydroxylation is 1. The summed E-state index contributed by atoms with van der Waals surface area (Å²) in [6.45, 7) is 5.87. The zero-order valence-electron chi connectivity index (χ0n) is 11.4. The first-order valence-corrected chi connectivity index (χ1v) is 6.28. The average molecular weight is 258 g/mol. The number of rotatable bonds is 4. The number of aromatic nitrogens is 2. The van der Waals surface area contributed by atoms with Gasteiger partial charge in [0.1, 0.15) is 11.9 Å². The topological polar surface area (TPSA) is 55.2 Å². The highest BCUT2D eigenvalue weighted by Crippen LogP contribution is 2.23. The van der Waals surface area contributed by atoms with Crippen LogP contribution >= 0.6 is 0 Å². The fraction of sp³-hybridized carbons (Fsp3) is 0.333. The summed E-state index contributed by atoms with van der Waals surface area (Å²) in [5, 5.41) is 10.3. The second-order valence-corrected chi connectivity index (χ2v) is 4.78. The normalized spacial score (nSPS) is 12.5. The zero-order valence-corrected chi connectivity index (χ0v) is 11.4. The van der Waals surface area contributed by atoms with Crippen LogP contribution in [0.1, 0.15) is 36.8 Å². The Balaban J connectivity index is 2.26. The summed E-state index contributed by atoms with van der Waals surface area (Å²) < 4.78 is 5.57.